The minimum atomic E-state index is -0.175. The van der Waals surface area contributed by atoms with Crippen LogP contribution in [0.4, 0.5) is 0 Å². The normalized spacial score (nSPS) is 9.41. The molecular weight excluding hydrogens is 224 g/mol. The van der Waals surface area contributed by atoms with Crippen LogP contribution in [0.1, 0.15) is 33.1 Å². The zero-order valence-corrected chi connectivity index (χ0v) is 11.2. The molecule has 0 aliphatic carbocycles. The molecule has 5 nitrogen and oxygen atoms in total. The molecule has 0 aromatic heterocycles. The largest absolute Gasteiger partial charge is 0.466 e. The number of ether oxygens (including phenoxy) is 3. The molecule has 0 aromatic rings. The number of carbonyl (C=O) groups is 1. The van der Waals surface area contributed by atoms with Gasteiger partial charge < -0.3 is 19.3 Å². The number of hydrogen-bond acceptors (Lipinski definition) is 5. The fourth-order valence-electron chi connectivity index (χ4n) is 0.877. The van der Waals surface area contributed by atoms with Crippen LogP contribution in [-0.2, 0) is 19.0 Å². The van der Waals surface area contributed by atoms with Crippen molar-refractivity contribution in [1.82, 2.24) is 0 Å². The van der Waals surface area contributed by atoms with Crippen LogP contribution in [0.2, 0.25) is 0 Å². The molecule has 1 N–H and O–H groups in total. The van der Waals surface area contributed by atoms with Crippen LogP contribution in [0.15, 0.2) is 0 Å². The lowest BCUT2D eigenvalue weighted by molar-refractivity contribution is -0.141. The van der Waals surface area contributed by atoms with Gasteiger partial charge in [0.05, 0.1) is 33.0 Å². The molecule has 17 heavy (non-hydrogen) atoms. The summed E-state index contributed by atoms with van der Waals surface area (Å²) in [6.07, 6.45) is 3.31. The number of methoxy groups -OCH3 is 1. The van der Waals surface area contributed by atoms with E-state index in [9.17, 15) is 4.79 Å². The Morgan fingerprint density at radius 2 is 1.82 bits per heavy atom. The Bertz CT molecular complexity index is 144. The smallest absolute Gasteiger partial charge is 0.302 e. The standard InChI is InChI=1S/C7H14O2.C5H12O3/c1-3-4-5-6-9-7(2)8;1-7-4-5-8-3-2-6/h3-6H2,1-2H3;6H,2-5H2,1H3. The maximum Gasteiger partial charge on any atom is 0.302 e. The molecule has 0 aliphatic heterocycles. The Morgan fingerprint density at radius 3 is 2.29 bits per heavy atom. The highest BCUT2D eigenvalue weighted by molar-refractivity contribution is 5.65. The third kappa shape index (κ3) is 25.5. The van der Waals surface area contributed by atoms with Crippen molar-refractivity contribution in [3.63, 3.8) is 0 Å². The van der Waals surface area contributed by atoms with Crippen molar-refractivity contribution in [2.75, 3.05) is 40.1 Å². The average Bonchev–Trinajstić information content (AvgIpc) is 2.31. The maximum atomic E-state index is 10.2. The minimum absolute atomic E-state index is 0.0870. The van der Waals surface area contributed by atoms with Crippen molar-refractivity contribution < 1.29 is 24.1 Å². The fourth-order valence-corrected chi connectivity index (χ4v) is 0.877. The van der Waals surface area contributed by atoms with E-state index in [-0.39, 0.29) is 12.6 Å². The quantitative estimate of drug-likeness (QED) is 0.495. The Balaban J connectivity index is 0. The highest BCUT2D eigenvalue weighted by Gasteiger charge is 1.89. The number of rotatable bonds is 9. The highest BCUT2D eigenvalue weighted by atomic mass is 16.5. The van der Waals surface area contributed by atoms with Crippen molar-refractivity contribution in [2.45, 2.75) is 33.1 Å². The van der Waals surface area contributed by atoms with Gasteiger partial charge in [-0.2, -0.15) is 0 Å². The van der Waals surface area contributed by atoms with Gasteiger partial charge in [-0.3, -0.25) is 4.79 Å². The SMILES string of the molecule is CCCCCOC(C)=O.COCCOCCO. The lowest BCUT2D eigenvalue weighted by atomic mass is 10.3. The summed E-state index contributed by atoms with van der Waals surface area (Å²) in [7, 11) is 1.61. The second-order valence-corrected chi connectivity index (χ2v) is 3.38. The molecule has 0 aromatic carbocycles. The Hall–Kier alpha value is -0.650. The van der Waals surface area contributed by atoms with E-state index in [1.165, 1.54) is 13.3 Å². The van der Waals surface area contributed by atoms with Crippen LogP contribution < -0.4 is 0 Å². The first-order chi connectivity index (χ1) is 8.18. The lowest BCUT2D eigenvalue weighted by Crippen LogP contribution is -2.05. The fraction of sp³-hybridized carbons (Fsp3) is 0.917. The van der Waals surface area contributed by atoms with Gasteiger partial charge in [-0.15, -0.1) is 0 Å². The van der Waals surface area contributed by atoms with Gasteiger partial charge in [-0.25, -0.2) is 0 Å². The molecule has 0 unspecified atom stereocenters. The number of esters is 1. The zero-order chi connectivity index (χ0) is 13.4. The predicted molar refractivity (Wildman–Crippen MR) is 65.9 cm³/mol. The molecule has 0 fully saturated rings. The molecule has 0 bridgehead atoms. The van der Waals surface area contributed by atoms with Crippen molar-refractivity contribution in [1.29, 1.82) is 0 Å². The Labute approximate surface area is 104 Å². The first-order valence-electron chi connectivity index (χ1n) is 5.99. The van der Waals surface area contributed by atoms with Gasteiger partial charge in [-0.1, -0.05) is 19.8 Å². The Morgan fingerprint density at radius 1 is 1.12 bits per heavy atom. The van der Waals surface area contributed by atoms with Gasteiger partial charge in [0, 0.05) is 14.0 Å². The molecule has 0 heterocycles. The molecule has 0 atom stereocenters. The zero-order valence-electron chi connectivity index (χ0n) is 11.2. The van der Waals surface area contributed by atoms with Crippen LogP contribution in [0.3, 0.4) is 0 Å². The summed E-state index contributed by atoms with van der Waals surface area (Å²) in [5, 5.41) is 8.20. The van der Waals surface area contributed by atoms with Gasteiger partial charge in [-0.05, 0) is 6.42 Å². The third-order valence-electron chi connectivity index (χ3n) is 1.72. The van der Waals surface area contributed by atoms with E-state index in [0.29, 0.717) is 26.4 Å². The van der Waals surface area contributed by atoms with Crippen LogP contribution in [0, 0.1) is 0 Å². The van der Waals surface area contributed by atoms with Gasteiger partial charge in [0.25, 0.3) is 0 Å². The van der Waals surface area contributed by atoms with E-state index in [1.54, 1.807) is 7.11 Å². The van der Waals surface area contributed by atoms with Crippen molar-refractivity contribution in [3.05, 3.63) is 0 Å². The van der Waals surface area contributed by atoms with Crippen molar-refractivity contribution >= 4 is 5.97 Å². The number of aliphatic hydroxyl groups is 1. The molecule has 0 amide bonds. The summed E-state index contributed by atoms with van der Waals surface area (Å²) in [5.41, 5.74) is 0. The molecule has 104 valence electrons. The first-order valence-corrected chi connectivity index (χ1v) is 5.99. The van der Waals surface area contributed by atoms with E-state index in [4.69, 9.17) is 14.6 Å². The average molecular weight is 250 g/mol. The second-order valence-electron chi connectivity index (χ2n) is 3.38. The number of unbranched alkanes of at least 4 members (excludes halogenated alkanes) is 2. The summed E-state index contributed by atoms with van der Waals surface area (Å²) >= 11 is 0. The van der Waals surface area contributed by atoms with Crippen LogP contribution in [0.5, 0.6) is 0 Å². The first kappa shape index (κ1) is 18.7. The number of aliphatic hydroxyl groups excluding tert-OH is 1. The van der Waals surface area contributed by atoms with Crippen LogP contribution in [-0.4, -0.2) is 51.2 Å². The van der Waals surface area contributed by atoms with E-state index in [1.807, 2.05) is 0 Å². The molecule has 0 saturated carbocycles. The van der Waals surface area contributed by atoms with E-state index < -0.39 is 0 Å². The molecule has 0 spiro atoms. The highest BCUT2D eigenvalue weighted by Crippen LogP contribution is 1.93. The molecule has 0 aliphatic rings. The third-order valence-corrected chi connectivity index (χ3v) is 1.72. The predicted octanol–water partition coefficient (Wildman–Crippen LogP) is 1.38. The van der Waals surface area contributed by atoms with E-state index >= 15 is 0 Å². The maximum absolute atomic E-state index is 10.2. The summed E-state index contributed by atoms with van der Waals surface area (Å²) in [6.45, 7) is 5.80. The lowest BCUT2D eigenvalue weighted by Gasteiger charge is -1.98. The number of hydrogen-bond donors (Lipinski definition) is 1. The van der Waals surface area contributed by atoms with Gasteiger partial charge in [0.1, 0.15) is 0 Å². The molecular formula is C12H26O5. The van der Waals surface area contributed by atoms with Crippen LogP contribution in [0.25, 0.3) is 0 Å². The summed E-state index contributed by atoms with van der Waals surface area (Å²) in [6, 6.07) is 0. The van der Waals surface area contributed by atoms with Crippen molar-refractivity contribution in [3.8, 4) is 0 Å². The topological polar surface area (TPSA) is 65.0 Å². The summed E-state index contributed by atoms with van der Waals surface area (Å²) in [5.74, 6) is -0.175. The van der Waals surface area contributed by atoms with Gasteiger partial charge in [0.2, 0.25) is 0 Å². The van der Waals surface area contributed by atoms with Gasteiger partial charge in [0.15, 0.2) is 0 Å². The van der Waals surface area contributed by atoms with E-state index in [0.717, 1.165) is 12.8 Å². The minimum Gasteiger partial charge on any atom is -0.466 e. The van der Waals surface area contributed by atoms with Crippen LogP contribution >= 0.6 is 0 Å². The summed E-state index contributed by atoms with van der Waals surface area (Å²) < 4.78 is 14.2. The molecule has 0 radical (unpaired) electrons. The Kier molecular flexibility index (Phi) is 19.5. The molecule has 5 heteroatoms. The number of carbonyl (C=O) groups excluding carboxylic acids is 1. The molecule has 0 rings (SSSR count). The van der Waals surface area contributed by atoms with E-state index in [2.05, 4.69) is 11.7 Å². The van der Waals surface area contributed by atoms with Crippen molar-refractivity contribution in [2.24, 2.45) is 0 Å². The summed E-state index contributed by atoms with van der Waals surface area (Å²) in [4.78, 5) is 10.2. The van der Waals surface area contributed by atoms with Gasteiger partial charge >= 0.3 is 5.97 Å². The monoisotopic (exact) mass is 250 g/mol. The second kappa shape index (κ2) is 17.7. The molecule has 0 saturated heterocycles.